The van der Waals surface area contributed by atoms with Gasteiger partial charge in [0.05, 0.1) is 22.6 Å². The number of rotatable bonds is 6. The van der Waals surface area contributed by atoms with E-state index < -0.39 is 0 Å². The molecule has 0 aliphatic carbocycles. The summed E-state index contributed by atoms with van der Waals surface area (Å²) in [6, 6.07) is 0. The molecule has 1 aromatic heterocycles. The SMILES string of the molecule is C=C(/C=N\N(C)CCN=O)c1cnc(C)s1. The first-order valence-electron chi connectivity index (χ1n) is 4.79. The highest BCUT2D eigenvalue weighted by molar-refractivity contribution is 7.13. The molecule has 0 spiro atoms. The number of thiazole rings is 1. The van der Waals surface area contributed by atoms with E-state index in [-0.39, 0.29) is 6.54 Å². The summed E-state index contributed by atoms with van der Waals surface area (Å²) in [6.45, 7) is 6.59. The second-order valence-electron chi connectivity index (χ2n) is 3.25. The molecule has 0 saturated carbocycles. The third-order valence-corrected chi connectivity index (χ3v) is 2.85. The van der Waals surface area contributed by atoms with Crippen molar-refractivity contribution in [2.45, 2.75) is 6.92 Å². The zero-order valence-corrected chi connectivity index (χ0v) is 10.2. The summed E-state index contributed by atoms with van der Waals surface area (Å²) in [4.78, 5) is 15.1. The molecular weight excluding hydrogens is 224 g/mol. The molecule has 0 radical (unpaired) electrons. The van der Waals surface area contributed by atoms with Gasteiger partial charge in [0.15, 0.2) is 0 Å². The van der Waals surface area contributed by atoms with Crippen molar-refractivity contribution < 1.29 is 0 Å². The first-order chi connectivity index (χ1) is 7.63. The Labute approximate surface area is 98.5 Å². The van der Waals surface area contributed by atoms with E-state index in [0.29, 0.717) is 6.54 Å². The van der Waals surface area contributed by atoms with Gasteiger partial charge in [-0.15, -0.1) is 11.3 Å². The molecule has 1 heterocycles. The van der Waals surface area contributed by atoms with Crippen LogP contribution in [0, 0.1) is 11.8 Å². The fourth-order valence-electron chi connectivity index (χ4n) is 0.985. The van der Waals surface area contributed by atoms with Crippen LogP contribution in [0.3, 0.4) is 0 Å². The van der Waals surface area contributed by atoms with Crippen LogP contribution in [0.25, 0.3) is 5.57 Å². The lowest BCUT2D eigenvalue weighted by atomic mass is 10.3. The lowest BCUT2D eigenvalue weighted by Crippen LogP contribution is -2.14. The van der Waals surface area contributed by atoms with Gasteiger partial charge >= 0.3 is 0 Å². The highest BCUT2D eigenvalue weighted by atomic mass is 32.1. The van der Waals surface area contributed by atoms with Crippen LogP contribution in [0.4, 0.5) is 0 Å². The molecule has 1 aromatic rings. The minimum Gasteiger partial charge on any atom is -0.298 e. The number of hydrogen-bond donors (Lipinski definition) is 0. The second kappa shape index (κ2) is 6.12. The first kappa shape index (κ1) is 12.5. The zero-order chi connectivity index (χ0) is 12.0. The second-order valence-corrected chi connectivity index (χ2v) is 4.48. The number of hydrogen-bond acceptors (Lipinski definition) is 6. The summed E-state index contributed by atoms with van der Waals surface area (Å²) in [6.07, 6.45) is 3.44. The van der Waals surface area contributed by atoms with Gasteiger partial charge in [-0.05, 0) is 6.92 Å². The lowest BCUT2D eigenvalue weighted by molar-refractivity contribution is 0.367. The van der Waals surface area contributed by atoms with E-state index in [1.165, 1.54) is 0 Å². The zero-order valence-electron chi connectivity index (χ0n) is 9.38. The van der Waals surface area contributed by atoms with Gasteiger partial charge in [0.25, 0.3) is 0 Å². The van der Waals surface area contributed by atoms with E-state index in [1.54, 1.807) is 35.8 Å². The molecule has 86 valence electrons. The molecule has 16 heavy (non-hydrogen) atoms. The Balaban J connectivity index is 2.50. The van der Waals surface area contributed by atoms with E-state index in [2.05, 4.69) is 21.8 Å². The molecule has 0 atom stereocenters. The number of allylic oxidation sites excluding steroid dienone is 1. The quantitative estimate of drug-likeness (QED) is 0.433. The van der Waals surface area contributed by atoms with Crippen LogP contribution in [-0.2, 0) is 0 Å². The largest absolute Gasteiger partial charge is 0.298 e. The fraction of sp³-hybridized carbons (Fsp3) is 0.400. The van der Waals surface area contributed by atoms with Crippen molar-refractivity contribution in [2.75, 3.05) is 20.1 Å². The molecule has 0 aliphatic heterocycles. The maximum atomic E-state index is 9.92. The van der Waals surface area contributed by atoms with Crippen LogP contribution in [0.1, 0.15) is 9.88 Å². The predicted octanol–water partition coefficient (Wildman–Crippen LogP) is 2.15. The van der Waals surface area contributed by atoms with Crippen LogP contribution in [-0.4, -0.2) is 36.3 Å². The van der Waals surface area contributed by atoms with E-state index in [9.17, 15) is 4.91 Å². The van der Waals surface area contributed by atoms with Crippen molar-refractivity contribution in [3.63, 3.8) is 0 Å². The Morgan fingerprint density at radius 3 is 3.06 bits per heavy atom. The first-order valence-corrected chi connectivity index (χ1v) is 5.61. The van der Waals surface area contributed by atoms with Gasteiger partial charge in [0.2, 0.25) is 0 Å². The van der Waals surface area contributed by atoms with E-state index in [4.69, 9.17) is 0 Å². The topological polar surface area (TPSA) is 57.9 Å². The van der Waals surface area contributed by atoms with Crippen molar-refractivity contribution >= 4 is 23.1 Å². The van der Waals surface area contributed by atoms with Gasteiger partial charge in [-0.25, -0.2) is 4.98 Å². The average molecular weight is 238 g/mol. The fourth-order valence-corrected chi connectivity index (χ4v) is 1.70. The average Bonchev–Trinajstić information content (AvgIpc) is 2.69. The third-order valence-electron chi connectivity index (χ3n) is 1.86. The monoisotopic (exact) mass is 238 g/mol. The van der Waals surface area contributed by atoms with Gasteiger partial charge in [0.1, 0.15) is 6.54 Å². The highest BCUT2D eigenvalue weighted by Crippen LogP contribution is 2.18. The summed E-state index contributed by atoms with van der Waals surface area (Å²) in [5.74, 6) is 0. The molecule has 5 nitrogen and oxygen atoms in total. The number of aryl methyl sites for hydroxylation is 1. The number of nitroso groups, excluding NO2 is 1. The van der Waals surface area contributed by atoms with Crippen molar-refractivity contribution in [3.8, 4) is 0 Å². The minimum absolute atomic E-state index is 0.236. The summed E-state index contributed by atoms with van der Waals surface area (Å²) in [7, 11) is 1.78. The van der Waals surface area contributed by atoms with Crippen LogP contribution >= 0.6 is 11.3 Å². The maximum absolute atomic E-state index is 9.92. The maximum Gasteiger partial charge on any atom is 0.100 e. The highest BCUT2D eigenvalue weighted by Gasteiger charge is 2.00. The van der Waals surface area contributed by atoms with Crippen molar-refractivity contribution in [1.82, 2.24) is 9.99 Å². The Morgan fingerprint density at radius 2 is 2.50 bits per heavy atom. The lowest BCUT2D eigenvalue weighted by Gasteiger charge is -2.09. The summed E-state index contributed by atoms with van der Waals surface area (Å²) >= 11 is 1.58. The Kier molecular flexibility index (Phi) is 4.78. The molecule has 0 amide bonds. The molecule has 0 N–H and O–H groups in total. The van der Waals surface area contributed by atoms with Crippen molar-refractivity contribution in [3.05, 3.63) is 27.6 Å². The number of nitrogens with zero attached hydrogens (tertiary/aromatic N) is 4. The Hall–Kier alpha value is -1.56. The standard InChI is InChI=1S/C10H14N4OS/c1-8(10-7-11-9(2)16-10)6-12-14(3)5-4-13-15/h6-7H,1,4-5H2,2-3H3/b12-6-. The number of aromatic nitrogens is 1. The molecular formula is C10H14N4OS. The van der Waals surface area contributed by atoms with Crippen LogP contribution in [0.5, 0.6) is 0 Å². The van der Waals surface area contributed by atoms with Crippen molar-refractivity contribution in [2.24, 2.45) is 10.3 Å². The van der Waals surface area contributed by atoms with Gasteiger partial charge < -0.3 is 0 Å². The smallest absolute Gasteiger partial charge is 0.100 e. The van der Waals surface area contributed by atoms with E-state index in [1.807, 2.05) is 6.92 Å². The molecule has 6 heteroatoms. The van der Waals surface area contributed by atoms with Gasteiger partial charge in [-0.3, -0.25) is 5.01 Å². The Bertz CT molecular complexity index is 399. The van der Waals surface area contributed by atoms with E-state index >= 15 is 0 Å². The molecule has 0 aliphatic rings. The van der Waals surface area contributed by atoms with Gasteiger partial charge in [-0.2, -0.15) is 10.0 Å². The molecule has 0 fully saturated rings. The summed E-state index contributed by atoms with van der Waals surface area (Å²) in [5.41, 5.74) is 0.816. The number of hydrazone groups is 1. The molecule has 0 aromatic carbocycles. The summed E-state index contributed by atoms with van der Waals surface area (Å²) < 4.78 is 0. The predicted molar refractivity (Wildman–Crippen MR) is 67.7 cm³/mol. The van der Waals surface area contributed by atoms with Crippen LogP contribution in [0.15, 0.2) is 23.1 Å². The summed E-state index contributed by atoms with van der Waals surface area (Å²) in [5, 5.41) is 9.56. The normalized spacial score (nSPS) is 10.6. The molecule has 0 saturated heterocycles. The Morgan fingerprint density at radius 1 is 1.75 bits per heavy atom. The van der Waals surface area contributed by atoms with Crippen LogP contribution in [0.2, 0.25) is 0 Å². The minimum atomic E-state index is 0.236. The van der Waals surface area contributed by atoms with Gasteiger partial charge in [-0.1, -0.05) is 11.8 Å². The molecule has 0 unspecified atom stereocenters. The van der Waals surface area contributed by atoms with E-state index in [0.717, 1.165) is 15.5 Å². The van der Waals surface area contributed by atoms with Crippen molar-refractivity contribution in [1.29, 1.82) is 0 Å². The molecule has 1 rings (SSSR count). The molecule has 0 bridgehead atoms. The third kappa shape index (κ3) is 3.90. The van der Waals surface area contributed by atoms with Crippen LogP contribution < -0.4 is 0 Å². The van der Waals surface area contributed by atoms with Gasteiger partial charge in [0, 0.05) is 18.8 Å². The number of likely N-dealkylation sites (N-methyl/N-ethyl adjacent to an activating group) is 1.